The summed E-state index contributed by atoms with van der Waals surface area (Å²) in [5, 5.41) is 7.89. The Kier molecular flexibility index (Phi) is 3.00. The van der Waals surface area contributed by atoms with Crippen molar-refractivity contribution in [3.63, 3.8) is 0 Å². The molecule has 0 amide bonds. The largest absolute Gasteiger partial charge is 0.425 e. The zero-order valence-corrected chi connectivity index (χ0v) is 9.11. The molecule has 0 bridgehead atoms. The molecule has 84 valence electrons. The van der Waals surface area contributed by atoms with Crippen molar-refractivity contribution in [3.05, 3.63) is 11.8 Å². The summed E-state index contributed by atoms with van der Waals surface area (Å²) in [5.74, 6) is 1.60. The number of hydrogen-bond acceptors (Lipinski definition) is 4. The predicted octanol–water partition coefficient (Wildman–Crippen LogP) is 1.39. The molecule has 1 aliphatic rings. The SMILES string of the molecule is CC(C)c1nnc(CCN2CC(F)C2)o1. The normalized spacial score (nSPS) is 18.4. The van der Waals surface area contributed by atoms with E-state index in [1.165, 1.54) is 0 Å². The van der Waals surface area contributed by atoms with E-state index in [0.29, 0.717) is 31.3 Å². The third kappa shape index (κ3) is 2.53. The van der Waals surface area contributed by atoms with Gasteiger partial charge < -0.3 is 4.42 Å². The summed E-state index contributed by atoms with van der Waals surface area (Å²) in [7, 11) is 0. The van der Waals surface area contributed by atoms with Crippen molar-refractivity contribution in [2.45, 2.75) is 32.4 Å². The van der Waals surface area contributed by atoms with Crippen molar-refractivity contribution in [1.29, 1.82) is 0 Å². The molecule has 1 aliphatic heterocycles. The number of alkyl halides is 1. The number of hydrogen-bond donors (Lipinski definition) is 0. The van der Waals surface area contributed by atoms with Gasteiger partial charge in [-0.25, -0.2) is 4.39 Å². The molecule has 5 heteroatoms. The van der Waals surface area contributed by atoms with Crippen molar-refractivity contribution in [3.8, 4) is 0 Å². The minimum Gasteiger partial charge on any atom is -0.425 e. The van der Waals surface area contributed by atoms with Crippen LogP contribution >= 0.6 is 0 Å². The van der Waals surface area contributed by atoms with Crippen molar-refractivity contribution in [2.24, 2.45) is 0 Å². The number of halogens is 1. The van der Waals surface area contributed by atoms with Crippen molar-refractivity contribution in [1.82, 2.24) is 15.1 Å². The first kappa shape index (κ1) is 10.5. The Balaban J connectivity index is 1.78. The molecular weight excluding hydrogens is 197 g/mol. The molecule has 4 nitrogen and oxygen atoms in total. The van der Waals surface area contributed by atoms with Crippen LogP contribution in [0.3, 0.4) is 0 Å². The number of aromatic nitrogens is 2. The lowest BCUT2D eigenvalue weighted by Crippen LogP contribution is -2.48. The van der Waals surface area contributed by atoms with E-state index in [2.05, 4.69) is 10.2 Å². The molecular formula is C10H16FN3O. The highest BCUT2D eigenvalue weighted by Gasteiger charge is 2.25. The van der Waals surface area contributed by atoms with Crippen LogP contribution < -0.4 is 0 Å². The Morgan fingerprint density at radius 1 is 1.47 bits per heavy atom. The summed E-state index contributed by atoms with van der Waals surface area (Å²) in [6, 6.07) is 0. The first-order valence-corrected chi connectivity index (χ1v) is 5.34. The van der Waals surface area contributed by atoms with Crippen LogP contribution in [0, 0.1) is 0 Å². The minimum atomic E-state index is -0.640. The second-order valence-electron chi connectivity index (χ2n) is 4.30. The quantitative estimate of drug-likeness (QED) is 0.758. The zero-order valence-electron chi connectivity index (χ0n) is 9.11. The lowest BCUT2D eigenvalue weighted by molar-refractivity contribution is 0.0654. The molecule has 0 spiro atoms. The summed E-state index contributed by atoms with van der Waals surface area (Å²) in [4.78, 5) is 2.05. The predicted molar refractivity (Wildman–Crippen MR) is 53.4 cm³/mol. The summed E-state index contributed by atoms with van der Waals surface area (Å²) < 4.78 is 18.0. The Morgan fingerprint density at radius 3 is 2.73 bits per heavy atom. The van der Waals surface area contributed by atoms with Gasteiger partial charge in [-0.3, -0.25) is 4.90 Å². The van der Waals surface area contributed by atoms with Gasteiger partial charge in [-0.1, -0.05) is 13.8 Å². The third-order valence-corrected chi connectivity index (χ3v) is 2.53. The molecule has 0 aromatic carbocycles. The smallest absolute Gasteiger partial charge is 0.219 e. The lowest BCUT2D eigenvalue weighted by Gasteiger charge is -2.33. The van der Waals surface area contributed by atoms with Gasteiger partial charge in [0.2, 0.25) is 11.8 Å². The number of nitrogens with zero attached hydrogens (tertiary/aromatic N) is 3. The van der Waals surface area contributed by atoms with E-state index >= 15 is 0 Å². The van der Waals surface area contributed by atoms with Gasteiger partial charge in [0, 0.05) is 32.0 Å². The maximum absolute atomic E-state index is 12.5. The zero-order chi connectivity index (χ0) is 10.8. The van der Waals surface area contributed by atoms with Crippen LogP contribution in [0.25, 0.3) is 0 Å². The van der Waals surface area contributed by atoms with Gasteiger partial charge in [0.25, 0.3) is 0 Å². The second-order valence-corrected chi connectivity index (χ2v) is 4.30. The summed E-state index contributed by atoms with van der Waals surface area (Å²) >= 11 is 0. The lowest BCUT2D eigenvalue weighted by atomic mass is 10.2. The summed E-state index contributed by atoms with van der Waals surface area (Å²) in [6.45, 7) is 5.93. The molecule has 0 N–H and O–H groups in total. The van der Waals surface area contributed by atoms with Crippen LogP contribution in [0.15, 0.2) is 4.42 Å². The van der Waals surface area contributed by atoms with Crippen LogP contribution in [0.5, 0.6) is 0 Å². The standard InChI is InChI=1S/C10H16FN3O/c1-7(2)10-13-12-9(15-10)3-4-14-5-8(11)6-14/h7-8H,3-6H2,1-2H3. The number of likely N-dealkylation sites (tertiary alicyclic amines) is 1. The van der Waals surface area contributed by atoms with Gasteiger partial charge in [0.1, 0.15) is 6.17 Å². The fraction of sp³-hybridized carbons (Fsp3) is 0.800. The molecule has 1 aromatic rings. The van der Waals surface area contributed by atoms with E-state index in [-0.39, 0.29) is 5.92 Å². The fourth-order valence-electron chi connectivity index (χ4n) is 1.54. The second kappa shape index (κ2) is 4.26. The summed E-state index contributed by atoms with van der Waals surface area (Å²) in [5.41, 5.74) is 0. The molecule has 0 saturated carbocycles. The van der Waals surface area contributed by atoms with Crippen LogP contribution in [0.2, 0.25) is 0 Å². The first-order valence-electron chi connectivity index (χ1n) is 5.34. The van der Waals surface area contributed by atoms with Crippen molar-refractivity contribution in [2.75, 3.05) is 19.6 Å². The monoisotopic (exact) mass is 213 g/mol. The molecule has 1 fully saturated rings. The molecule has 2 rings (SSSR count). The molecule has 2 heterocycles. The average molecular weight is 213 g/mol. The minimum absolute atomic E-state index is 0.269. The molecule has 15 heavy (non-hydrogen) atoms. The van der Waals surface area contributed by atoms with Gasteiger partial charge in [0.15, 0.2) is 0 Å². The van der Waals surface area contributed by atoms with Gasteiger partial charge >= 0.3 is 0 Å². The molecule has 0 unspecified atom stereocenters. The Morgan fingerprint density at radius 2 is 2.20 bits per heavy atom. The van der Waals surface area contributed by atoms with Crippen molar-refractivity contribution >= 4 is 0 Å². The van der Waals surface area contributed by atoms with Crippen LogP contribution in [-0.2, 0) is 6.42 Å². The Hall–Kier alpha value is -0.970. The fourth-order valence-corrected chi connectivity index (χ4v) is 1.54. The maximum atomic E-state index is 12.5. The number of rotatable bonds is 4. The van der Waals surface area contributed by atoms with Gasteiger partial charge in [0.05, 0.1) is 0 Å². The first-order chi connectivity index (χ1) is 7.15. The van der Waals surface area contributed by atoms with Crippen LogP contribution in [0.1, 0.15) is 31.5 Å². The molecule has 0 aliphatic carbocycles. The average Bonchev–Trinajstić information content (AvgIpc) is 2.59. The van der Waals surface area contributed by atoms with E-state index < -0.39 is 6.17 Å². The van der Waals surface area contributed by atoms with E-state index in [1.54, 1.807) is 0 Å². The summed E-state index contributed by atoms with van der Waals surface area (Å²) in [6.07, 6.45) is 0.0748. The van der Waals surface area contributed by atoms with Gasteiger partial charge in [-0.05, 0) is 0 Å². The Bertz CT molecular complexity index is 320. The van der Waals surface area contributed by atoms with E-state index in [0.717, 1.165) is 6.54 Å². The van der Waals surface area contributed by atoms with Gasteiger partial charge in [-0.2, -0.15) is 0 Å². The van der Waals surface area contributed by atoms with Crippen molar-refractivity contribution < 1.29 is 8.81 Å². The highest BCUT2D eigenvalue weighted by atomic mass is 19.1. The molecule has 1 saturated heterocycles. The highest BCUT2D eigenvalue weighted by Crippen LogP contribution is 2.14. The molecule has 0 atom stereocenters. The molecule has 1 aromatic heterocycles. The van der Waals surface area contributed by atoms with Crippen LogP contribution in [-0.4, -0.2) is 40.9 Å². The van der Waals surface area contributed by atoms with E-state index in [1.807, 2.05) is 18.7 Å². The highest BCUT2D eigenvalue weighted by molar-refractivity contribution is 4.89. The van der Waals surface area contributed by atoms with E-state index in [4.69, 9.17) is 4.42 Å². The topological polar surface area (TPSA) is 42.2 Å². The van der Waals surface area contributed by atoms with Gasteiger partial charge in [-0.15, -0.1) is 10.2 Å². The molecule has 0 radical (unpaired) electrons. The van der Waals surface area contributed by atoms with Crippen LogP contribution in [0.4, 0.5) is 4.39 Å². The third-order valence-electron chi connectivity index (χ3n) is 2.53. The Labute approximate surface area is 88.5 Å². The van der Waals surface area contributed by atoms with E-state index in [9.17, 15) is 4.39 Å². The maximum Gasteiger partial charge on any atom is 0.219 e.